The average molecular weight is 359 g/mol. The van der Waals surface area contributed by atoms with Gasteiger partial charge in [-0.25, -0.2) is 0 Å². The Morgan fingerprint density at radius 3 is 2.96 bits per heavy atom. The summed E-state index contributed by atoms with van der Waals surface area (Å²) in [5.74, 6) is 0.385. The Labute approximate surface area is 155 Å². The zero-order valence-corrected chi connectivity index (χ0v) is 15.6. The molecule has 2 amide bonds. The third kappa shape index (κ3) is 3.98. The van der Waals surface area contributed by atoms with Gasteiger partial charge in [0, 0.05) is 57.3 Å². The molecule has 2 aliphatic rings. The van der Waals surface area contributed by atoms with E-state index in [2.05, 4.69) is 28.7 Å². The fourth-order valence-corrected chi connectivity index (χ4v) is 4.08. The van der Waals surface area contributed by atoms with Gasteiger partial charge in [-0.2, -0.15) is 5.10 Å². The number of aromatic nitrogens is 2. The Balaban J connectivity index is 1.64. The maximum absolute atomic E-state index is 12.7. The van der Waals surface area contributed by atoms with Gasteiger partial charge in [-0.1, -0.05) is 6.08 Å². The molecule has 2 fully saturated rings. The van der Waals surface area contributed by atoms with E-state index in [1.165, 1.54) is 0 Å². The molecule has 0 aliphatic carbocycles. The lowest BCUT2D eigenvalue weighted by Gasteiger charge is -2.49. The first-order valence-corrected chi connectivity index (χ1v) is 9.39. The molecule has 1 N–H and O–H groups in total. The first kappa shape index (κ1) is 18.6. The van der Waals surface area contributed by atoms with Gasteiger partial charge in [0.2, 0.25) is 11.8 Å². The summed E-state index contributed by atoms with van der Waals surface area (Å²) in [7, 11) is 2.13. The molecule has 1 atom stereocenters. The van der Waals surface area contributed by atoms with E-state index in [1.54, 1.807) is 12.3 Å². The highest BCUT2D eigenvalue weighted by Gasteiger charge is 2.43. The standard InChI is InChI=1S/C19H29N5O2/c1-3-9-23-10-8-19(7-6-18(23)26)15-24(12-11-22(19)2)17(25)5-4-16-13-20-21-14-16/h3,13-14H,1,4-12,15H2,2H3,(H,20,21). The third-order valence-electron chi connectivity index (χ3n) is 5.89. The van der Waals surface area contributed by atoms with Crippen LogP contribution in [0, 0.1) is 0 Å². The molecule has 0 aromatic carbocycles. The van der Waals surface area contributed by atoms with Gasteiger partial charge in [-0.3, -0.25) is 19.6 Å². The summed E-state index contributed by atoms with van der Waals surface area (Å²) >= 11 is 0. The SMILES string of the molecule is C=CCN1CCC2(CCC1=O)CN(C(=O)CCc1cn[nH]c1)CCN2C. The van der Waals surface area contributed by atoms with E-state index < -0.39 is 0 Å². The Morgan fingerprint density at radius 1 is 1.38 bits per heavy atom. The molecule has 142 valence electrons. The number of nitrogens with one attached hydrogen (secondary N) is 1. The van der Waals surface area contributed by atoms with Crippen LogP contribution >= 0.6 is 0 Å². The van der Waals surface area contributed by atoms with Crippen molar-refractivity contribution >= 4 is 11.8 Å². The Morgan fingerprint density at radius 2 is 2.23 bits per heavy atom. The molecular weight excluding hydrogens is 330 g/mol. The molecule has 7 nitrogen and oxygen atoms in total. The number of rotatable bonds is 5. The lowest BCUT2D eigenvalue weighted by Crippen LogP contribution is -2.62. The summed E-state index contributed by atoms with van der Waals surface area (Å²) in [6.07, 6.45) is 8.84. The number of aromatic amines is 1. The zero-order valence-electron chi connectivity index (χ0n) is 15.6. The van der Waals surface area contributed by atoms with Gasteiger partial charge >= 0.3 is 0 Å². The molecule has 0 radical (unpaired) electrons. The van der Waals surface area contributed by atoms with Crippen molar-refractivity contribution in [2.75, 3.05) is 39.8 Å². The predicted octanol–water partition coefficient (Wildman–Crippen LogP) is 1.05. The number of aryl methyl sites for hydroxylation is 1. The van der Waals surface area contributed by atoms with Crippen molar-refractivity contribution in [2.24, 2.45) is 0 Å². The van der Waals surface area contributed by atoms with Gasteiger partial charge < -0.3 is 9.80 Å². The van der Waals surface area contributed by atoms with Gasteiger partial charge in [-0.15, -0.1) is 6.58 Å². The minimum Gasteiger partial charge on any atom is -0.340 e. The van der Waals surface area contributed by atoms with Gasteiger partial charge in [0.1, 0.15) is 0 Å². The van der Waals surface area contributed by atoms with Crippen LogP contribution in [0.4, 0.5) is 0 Å². The molecule has 1 aromatic rings. The molecule has 26 heavy (non-hydrogen) atoms. The molecule has 2 saturated heterocycles. The van der Waals surface area contributed by atoms with Crippen LogP contribution in [0.2, 0.25) is 0 Å². The number of amides is 2. The lowest BCUT2D eigenvalue weighted by molar-refractivity contribution is -0.136. The number of carbonyl (C=O) groups is 2. The lowest BCUT2D eigenvalue weighted by atomic mass is 9.86. The molecule has 2 aliphatic heterocycles. The topological polar surface area (TPSA) is 72.5 Å². The van der Waals surface area contributed by atoms with Crippen LogP contribution in [0.15, 0.2) is 25.0 Å². The van der Waals surface area contributed by atoms with E-state index in [4.69, 9.17) is 0 Å². The van der Waals surface area contributed by atoms with E-state index in [-0.39, 0.29) is 17.4 Å². The monoisotopic (exact) mass is 359 g/mol. The fraction of sp³-hybridized carbons (Fsp3) is 0.632. The normalized spacial score (nSPS) is 24.7. The summed E-state index contributed by atoms with van der Waals surface area (Å²) in [5, 5.41) is 6.72. The van der Waals surface area contributed by atoms with Gasteiger partial charge in [0.25, 0.3) is 0 Å². The Bertz CT molecular complexity index is 644. The van der Waals surface area contributed by atoms with Gasteiger partial charge in [0.15, 0.2) is 0 Å². The summed E-state index contributed by atoms with van der Waals surface area (Å²) in [4.78, 5) is 31.3. The number of nitrogens with zero attached hydrogens (tertiary/aromatic N) is 4. The number of H-pyrrole nitrogens is 1. The second kappa shape index (κ2) is 8.03. The molecular formula is C19H29N5O2. The van der Waals surface area contributed by atoms with Crippen LogP contribution in [0.3, 0.4) is 0 Å². The second-order valence-corrected chi connectivity index (χ2v) is 7.45. The highest BCUT2D eigenvalue weighted by molar-refractivity contribution is 5.78. The first-order chi connectivity index (χ1) is 12.5. The predicted molar refractivity (Wildman–Crippen MR) is 99.5 cm³/mol. The van der Waals surface area contributed by atoms with Crippen LogP contribution in [0.5, 0.6) is 0 Å². The van der Waals surface area contributed by atoms with Crippen molar-refractivity contribution in [1.82, 2.24) is 24.9 Å². The Kier molecular flexibility index (Phi) is 5.76. The molecule has 3 rings (SSSR count). The van der Waals surface area contributed by atoms with Gasteiger partial charge in [-0.05, 0) is 31.9 Å². The molecule has 0 bridgehead atoms. The van der Waals surface area contributed by atoms with E-state index in [9.17, 15) is 9.59 Å². The van der Waals surface area contributed by atoms with Crippen LogP contribution in [0.25, 0.3) is 0 Å². The smallest absolute Gasteiger partial charge is 0.223 e. The van der Waals surface area contributed by atoms with E-state index in [0.29, 0.717) is 32.4 Å². The Hall–Kier alpha value is -2.15. The van der Waals surface area contributed by atoms with Crippen molar-refractivity contribution in [2.45, 2.75) is 37.6 Å². The average Bonchev–Trinajstić information content (AvgIpc) is 3.11. The van der Waals surface area contributed by atoms with Crippen molar-refractivity contribution in [3.05, 3.63) is 30.6 Å². The minimum absolute atomic E-state index is 0.102. The number of likely N-dealkylation sites (N-methyl/N-ethyl adjacent to an activating group) is 1. The van der Waals surface area contributed by atoms with E-state index in [1.807, 2.05) is 16.0 Å². The highest BCUT2D eigenvalue weighted by atomic mass is 16.2. The van der Waals surface area contributed by atoms with Crippen molar-refractivity contribution in [3.8, 4) is 0 Å². The minimum atomic E-state index is -0.102. The number of hydrogen-bond donors (Lipinski definition) is 1. The molecule has 1 unspecified atom stereocenters. The molecule has 0 saturated carbocycles. The first-order valence-electron chi connectivity index (χ1n) is 9.39. The summed E-state index contributed by atoms with van der Waals surface area (Å²) in [5.41, 5.74) is 0.956. The summed E-state index contributed by atoms with van der Waals surface area (Å²) in [6.45, 7) is 7.41. The van der Waals surface area contributed by atoms with Crippen molar-refractivity contribution in [3.63, 3.8) is 0 Å². The van der Waals surface area contributed by atoms with Crippen molar-refractivity contribution < 1.29 is 9.59 Å². The second-order valence-electron chi connectivity index (χ2n) is 7.45. The van der Waals surface area contributed by atoms with Crippen LogP contribution in [-0.2, 0) is 16.0 Å². The highest BCUT2D eigenvalue weighted by Crippen LogP contribution is 2.32. The fourth-order valence-electron chi connectivity index (χ4n) is 4.08. The number of carbonyl (C=O) groups excluding carboxylic acids is 2. The van der Waals surface area contributed by atoms with E-state index in [0.717, 1.165) is 38.0 Å². The molecule has 1 spiro atoms. The van der Waals surface area contributed by atoms with Crippen LogP contribution < -0.4 is 0 Å². The van der Waals surface area contributed by atoms with Crippen molar-refractivity contribution in [1.29, 1.82) is 0 Å². The number of likely N-dealkylation sites (tertiary alicyclic amines) is 1. The zero-order chi connectivity index (χ0) is 18.6. The molecule has 7 heteroatoms. The largest absolute Gasteiger partial charge is 0.340 e. The molecule has 3 heterocycles. The maximum atomic E-state index is 12.7. The number of piperazine rings is 1. The quantitative estimate of drug-likeness (QED) is 0.798. The summed E-state index contributed by atoms with van der Waals surface area (Å²) < 4.78 is 0. The maximum Gasteiger partial charge on any atom is 0.223 e. The number of hydrogen-bond acceptors (Lipinski definition) is 4. The van der Waals surface area contributed by atoms with Gasteiger partial charge in [0.05, 0.1) is 6.20 Å². The summed E-state index contributed by atoms with van der Waals surface area (Å²) in [6, 6.07) is 0. The third-order valence-corrected chi connectivity index (χ3v) is 5.89. The molecule has 1 aromatic heterocycles. The van der Waals surface area contributed by atoms with Crippen LogP contribution in [0.1, 0.15) is 31.2 Å². The van der Waals surface area contributed by atoms with E-state index >= 15 is 0 Å². The van der Waals surface area contributed by atoms with Crippen LogP contribution in [-0.4, -0.2) is 82.0 Å².